The van der Waals surface area contributed by atoms with Gasteiger partial charge in [0.2, 0.25) is 16.0 Å². The third kappa shape index (κ3) is 4.24. The first-order chi connectivity index (χ1) is 14.1. The molecule has 0 N–H and O–H groups in total. The standard InChI is InChI=1S/C20H27N5O4S/c1-23(2)19(26)17-12-21-20(24(3)4)22-18(17)14-10-11-25(13-14)30(27,28)16-8-6-15(29-5)7-9-16/h6-9,12,14H,10-11,13H2,1-5H3. The van der Waals surface area contributed by atoms with Gasteiger partial charge in [-0.3, -0.25) is 4.79 Å². The highest BCUT2D eigenvalue weighted by atomic mass is 32.2. The molecule has 1 aliphatic heterocycles. The average molecular weight is 434 g/mol. The van der Waals surface area contributed by atoms with E-state index < -0.39 is 10.0 Å². The van der Waals surface area contributed by atoms with Gasteiger partial charge in [0.1, 0.15) is 5.75 Å². The minimum atomic E-state index is -3.65. The number of benzene rings is 1. The maximum atomic E-state index is 13.1. The van der Waals surface area contributed by atoms with Crippen molar-refractivity contribution in [3.63, 3.8) is 0 Å². The Hall–Kier alpha value is -2.72. The van der Waals surface area contributed by atoms with E-state index in [1.165, 1.54) is 34.6 Å². The Labute approximate surface area is 177 Å². The minimum absolute atomic E-state index is 0.196. The molecule has 0 radical (unpaired) electrons. The van der Waals surface area contributed by atoms with Crippen molar-refractivity contribution in [1.82, 2.24) is 19.2 Å². The van der Waals surface area contributed by atoms with Crippen molar-refractivity contribution < 1.29 is 17.9 Å². The number of methoxy groups -OCH3 is 1. The van der Waals surface area contributed by atoms with E-state index in [4.69, 9.17) is 4.74 Å². The van der Waals surface area contributed by atoms with E-state index in [2.05, 4.69) is 9.97 Å². The second-order valence-electron chi connectivity index (χ2n) is 7.59. The van der Waals surface area contributed by atoms with Gasteiger partial charge in [0.15, 0.2) is 0 Å². The largest absolute Gasteiger partial charge is 0.497 e. The quantitative estimate of drug-likeness (QED) is 0.680. The van der Waals surface area contributed by atoms with Gasteiger partial charge in [0, 0.05) is 53.4 Å². The molecule has 0 aliphatic carbocycles. The maximum absolute atomic E-state index is 13.1. The van der Waals surface area contributed by atoms with Crippen LogP contribution in [0.1, 0.15) is 28.4 Å². The molecule has 1 atom stereocenters. The number of amides is 1. The van der Waals surface area contributed by atoms with Crippen LogP contribution in [0.3, 0.4) is 0 Å². The van der Waals surface area contributed by atoms with Crippen molar-refractivity contribution in [1.29, 1.82) is 0 Å². The van der Waals surface area contributed by atoms with E-state index in [1.807, 2.05) is 14.1 Å². The van der Waals surface area contributed by atoms with Crippen molar-refractivity contribution in [3.8, 4) is 5.75 Å². The summed E-state index contributed by atoms with van der Waals surface area (Å²) < 4.78 is 32.7. The molecule has 2 aromatic rings. The number of carbonyl (C=O) groups is 1. The molecule has 1 saturated heterocycles. The molecule has 9 nitrogen and oxygen atoms in total. The van der Waals surface area contributed by atoms with E-state index in [-0.39, 0.29) is 23.3 Å². The molecule has 0 bridgehead atoms. The smallest absolute Gasteiger partial charge is 0.256 e. The Morgan fingerprint density at radius 1 is 1.17 bits per heavy atom. The average Bonchev–Trinajstić information content (AvgIpc) is 3.23. The summed E-state index contributed by atoms with van der Waals surface area (Å²) in [4.78, 5) is 25.0. The summed E-state index contributed by atoms with van der Waals surface area (Å²) in [6, 6.07) is 6.33. The molecule has 3 rings (SSSR count). The summed E-state index contributed by atoms with van der Waals surface area (Å²) >= 11 is 0. The van der Waals surface area contributed by atoms with E-state index in [9.17, 15) is 13.2 Å². The number of nitrogens with zero attached hydrogens (tertiary/aromatic N) is 5. The number of anilines is 1. The molecule has 0 spiro atoms. The highest BCUT2D eigenvalue weighted by Gasteiger charge is 2.36. The van der Waals surface area contributed by atoms with Gasteiger partial charge >= 0.3 is 0 Å². The monoisotopic (exact) mass is 433 g/mol. The predicted octanol–water partition coefficient (Wildman–Crippen LogP) is 1.43. The molecular weight excluding hydrogens is 406 g/mol. The third-order valence-corrected chi connectivity index (χ3v) is 6.96. The Bertz CT molecular complexity index is 1020. The lowest BCUT2D eigenvalue weighted by molar-refractivity contribution is 0.0825. The topological polar surface area (TPSA) is 95.9 Å². The number of aromatic nitrogens is 2. The van der Waals surface area contributed by atoms with Crippen LogP contribution in [0.15, 0.2) is 35.4 Å². The molecule has 0 saturated carbocycles. The molecule has 1 unspecified atom stereocenters. The second-order valence-corrected chi connectivity index (χ2v) is 9.53. The summed E-state index contributed by atoms with van der Waals surface area (Å²) in [6.45, 7) is 0.613. The zero-order chi connectivity index (χ0) is 22.1. The minimum Gasteiger partial charge on any atom is -0.497 e. The van der Waals surface area contributed by atoms with Crippen LogP contribution < -0.4 is 9.64 Å². The van der Waals surface area contributed by atoms with Gasteiger partial charge in [-0.05, 0) is 30.7 Å². The highest BCUT2D eigenvalue weighted by molar-refractivity contribution is 7.89. The highest BCUT2D eigenvalue weighted by Crippen LogP contribution is 2.33. The van der Waals surface area contributed by atoms with Gasteiger partial charge in [-0.25, -0.2) is 18.4 Å². The molecule has 1 aromatic heterocycles. The summed E-state index contributed by atoms with van der Waals surface area (Å²) in [6.07, 6.45) is 2.10. The molecule has 162 valence electrons. The lowest BCUT2D eigenvalue weighted by Gasteiger charge is -2.20. The maximum Gasteiger partial charge on any atom is 0.256 e. The zero-order valence-electron chi connectivity index (χ0n) is 17.9. The van der Waals surface area contributed by atoms with Crippen LogP contribution in [0.4, 0.5) is 5.95 Å². The van der Waals surface area contributed by atoms with Crippen molar-refractivity contribution >= 4 is 21.9 Å². The van der Waals surface area contributed by atoms with Crippen LogP contribution in [-0.4, -0.2) is 81.9 Å². The predicted molar refractivity (Wildman–Crippen MR) is 113 cm³/mol. The zero-order valence-corrected chi connectivity index (χ0v) is 18.7. The normalized spacial score (nSPS) is 17.0. The third-order valence-electron chi connectivity index (χ3n) is 5.08. The van der Waals surface area contributed by atoms with Crippen LogP contribution >= 0.6 is 0 Å². The SMILES string of the molecule is COc1ccc(S(=O)(=O)N2CCC(c3nc(N(C)C)ncc3C(=O)N(C)C)C2)cc1. The molecule has 1 amide bonds. The number of rotatable bonds is 6. The summed E-state index contributed by atoms with van der Waals surface area (Å²) in [5.74, 6) is 0.680. The van der Waals surface area contributed by atoms with E-state index >= 15 is 0 Å². The van der Waals surface area contributed by atoms with Crippen molar-refractivity contribution in [2.24, 2.45) is 0 Å². The van der Waals surface area contributed by atoms with Crippen LogP contribution in [0, 0.1) is 0 Å². The lowest BCUT2D eigenvalue weighted by atomic mass is 9.99. The molecule has 1 aromatic carbocycles. The van der Waals surface area contributed by atoms with Crippen LogP contribution in [-0.2, 0) is 10.0 Å². The van der Waals surface area contributed by atoms with Gasteiger partial charge < -0.3 is 14.5 Å². The summed E-state index contributed by atoms with van der Waals surface area (Å²) in [5.41, 5.74) is 0.985. The van der Waals surface area contributed by atoms with Crippen molar-refractivity contribution in [2.75, 3.05) is 53.3 Å². The fourth-order valence-corrected chi connectivity index (χ4v) is 4.88. The van der Waals surface area contributed by atoms with Crippen LogP contribution in [0.25, 0.3) is 0 Å². The molecule has 10 heteroatoms. The lowest BCUT2D eigenvalue weighted by Crippen LogP contribution is -2.29. The van der Waals surface area contributed by atoms with E-state index in [1.54, 1.807) is 31.1 Å². The second kappa shape index (κ2) is 8.57. The first kappa shape index (κ1) is 22.0. The van der Waals surface area contributed by atoms with Crippen LogP contribution in [0.2, 0.25) is 0 Å². The number of hydrogen-bond acceptors (Lipinski definition) is 7. The Balaban J connectivity index is 1.91. The van der Waals surface area contributed by atoms with E-state index in [0.717, 1.165) is 0 Å². The summed E-state index contributed by atoms with van der Waals surface area (Å²) in [5, 5.41) is 0. The first-order valence-electron chi connectivity index (χ1n) is 9.55. The summed E-state index contributed by atoms with van der Waals surface area (Å²) in [7, 11) is 4.86. The van der Waals surface area contributed by atoms with Crippen molar-refractivity contribution in [2.45, 2.75) is 17.2 Å². The Morgan fingerprint density at radius 2 is 1.83 bits per heavy atom. The number of ether oxygens (including phenoxy) is 1. The number of carbonyl (C=O) groups excluding carboxylic acids is 1. The van der Waals surface area contributed by atoms with Crippen LogP contribution in [0.5, 0.6) is 5.75 Å². The molecule has 1 fully saturated rings. The van der Waals surface area contributed by atoms with Gasteiger partial charge in [-0.15, -0.1) is 0 Å². The van der Waals surface area contributed by atoms with E-state index in [0.29, 0.717) is 35.9 Å². The first-order valence-corrected chi connectivity index (χ1v) is 11.0. The Morgan fingerprint density at radius 3 is 2.40 bits per heavy atom. The molecule has 1 aliphatic rings. The van der Waals surface area contributed by atoms with Gasteiger partial charge in [-0.2, -0.15) is 4.31 Å². The fourth-order valence-electron chi connectivity index (χ4n) is 3.38. The number of hydrogen-bond donors (Lipinski definition) is 0. The number of sulfonamides is 1. The van der Waals surface area contributed by atoms with Crippen molar-refractivity contribution in [3.05, 3.63) is 41.7 Å². The van der Waals surface area contributed by atoms with Gasteiger partial charge in [0.05, 0.1) is 23.3 Å². The van der Waals surface area contributed by atoms with Gasteiger partial charge in [-0.1, -0.05) is 0 Å². The molecular formula is C20H27N5O4S. The molecule has 2 heterocycles. The fraction of sp³-hybridized carbons (Fsp3) is 0.450. The molecule has 30 heavy (non-hydrogen) atoms. The van der Waals surface area contributed by atoms with Gasteiger partial charge in [0.25, 0.3) is 5.91 Å². The Kier molecular flexibility index (Phi) is 6.27.